The monoisotopic (exact) mass is 385 g/mol. The van der Waals surface area contributed by atoms with Crippen LogP contribution in [-0.4, -0.2) is 31.0 Å². The molecule has 2 aromatic rings. The minimum atomic E-state index is -0.603. The van der Waals surface area contributed by atoms with Crippen molar-refractivity contribution < 1.29 is 24.0 Å². The molecule has 2 aromatic carbocycles. The summed E-state index contributed by atoms with van der Waals surface area (Å²) in [5, 5.41) is 16.0. The van der Waals surface area contributed by atoms with Gasteiger partial charge in [0.2, 0.25) is 5.91 Å². The molecule has 0 aliphatic rings. The number of carbonyl (C=O) groups is 2. The maximum Gasteiger partial charge on any atom is 0.272 e. The lowest BCUT2D eigenvalue weighted by Gasteiger charge is -2.12. The Morgan fingerprint density at radius 2 is 1.79 bits per heavy atom. The van der Waals surface area contributed by atoms with Gasteiger partial charge in [0.25, 0.3) is 11.6 Å². The van der Waals surface area contributed by atoms with E-state index in [1.165, 1.54) is 45.4 Å². The molecule has 0 aliphatic heterocycles. The Bertz CT molecular complexity index is 939. The van der Waals surface area contributed by atoms with Crippen molar-refractivity contribution >= 4 is 29.3 Å². The van der Waals surface area contributed by atoms with Gasteiger partial charge in [-0.25, -0.2) is 0 Å². The van der Waals surface area contributed by atoms with Crippen molar-refractivity contribution in [3.8, 4) is 11.5 Å². The first-order chi connectivity index (χ1) is 13.3. The van der Waals surface area contributed by atoms with Crippen LogP contribution in [-0.2, 0) is 9.59 Å². The minimum Gasteiger partial charge on any atom is -0.493 e. The van der Waals surface area contributed by atoms with Gasteiger partial charge >= 0.3 is 0 Å². The van der Waals surface area contributed by atoms with E-state index in [9.17, 15) is 19.7 Å². The average molecular weight is 385 g/mol. The van der Waals surface area contributed by atoms with Crippen molar-refractivity contribution in [1.29, 1.82) is 0 Å². The molecule has 0 atom stereocenters. The highest BCUT2D eigenvalue weighted by Crippen LogP contribution is 2.29. The van der Waals surface area contributed by atoms with Crippen molar-refractivity contribution in [2.24, 2.45) is 0 Å². The molecule has 0 unspecified atom stereocenters. The molecule has 0 saturated heterocycles. The van der Waals surface area contributed by atoms with Crippen molar-refractivity contribution in [3.05, 3.63) is 63.8 Å². The topological polar surface area (TPSA) is 120 Å². The summed E-state index contributed by atoms with van der Waals surface area (Å²) in [6.07, 6.45) is 1.35. The number of benzene rings is 2. The highest BCUT2D eigenvalue weighted by atomic mass is 16.6. The van der Waals surface area contributed by atoms with E-state index in [1.54, 1.807) is 24.3 Å². The number of rotatable bonds is 7. The molecule has 0 aromatic heterocycles. The largest absolute Gasteiger partial charge is 0.493 e. The third-order valence-corrected chi connectivity index (χ3v) is 3.59. The van der Waals surface area contributed by atoms with E-state index in [0.717, 1.165) is 0 Å². The summed E-state index contributed by atoms with van der Waals surface area (Å²) in [5.74, 6) is -0.146. The van der Waals surface area contributed by atoms with Gasteiger partial charge in [-0.1, -0.05) is 12.1 Å². The number of methoxy groups -OCH3 is 2. The summed E-state index contributed by atoms with van der Waals surface area (Å²) < 4.78 is 10.3. The highest BCUT2D eigenvalue weighted by Gasteiger charge is 2.14. The van der Waals surface area contributed by atoms with Gasteiger partial charge in [0, 0.05) is 30.8 Å². The number of nitro groups is 1. The smallest absolute Gasteiger partial charge is 0.272 e. The lowest BCUT2D eigenvalue weighted by atomic mass is 10.1. The summed E-state index contributed by atoms with van der Waals surface area (Å²) in [7, 11) is 2.96. The third-order valence-electron chi connectivity index (χ3n) is 3.59. The molecule has 0 spiro atoms. The zero-order chi connectivity index (χ0) is 20.7. The summed E-state index contributed by atoms with van der Waals surface area (Å²) in [4.78, 5) is 34.5. The van der Waals surface area contributed by atoms with Crippen molar-refractivity contribution in [2.75, 3.05) is 19.5 Å². The standard InChI is InChI=1S/C19H19N3O6/c1-12(23)20-16(10-13-5-4-6-15(9-13)22(25)26)19(24)21-14-7-8-17(27-2)18(11-14)28-3/h4-11H,1-3H3,(H,20,23)(H,21,24)/b16-10-. The van der Waals surface area contributed by atoms with Gasteiger partial charge in [0.1, 0.15) is 5.70 Å². The number of ether oxygens (including phenoxy) is 2. The zero-order valence-corrected chi connectivity index (χ0v) is 15.5. The second kappa shape index (κ2) is 9.17. The van der Waals surface area contributed by atoms with E-state index >= 15 is 0 Å². The van der Waals surface area contributed by atoms with E-state index in [4.69, 9.17) is 9.47 Å². The number of carbonyl (C=O) groups excluding carboxylic acids is 2. The van der Waals surface area contributed by atoms with Crippen LogP contribution >= 0.6 is 0 Å². The highest BCUT2D eigenvalue weighted by molar-refractivity contribution is 6.08. The van der Waals surface area contributed by atoms with E-state index < -0.39 is 16.7 Å². The molecule has 0 aliphatic carbocycles. The molecule has 28 heavy (non-hydrogen) atoms. The van der Waals surface area contributed by atoms with Gasteiger partial charge in [-0.05, 0) is 23.8 Å². The van der Waals surface area contributed by atoms with Crippen LogP contribution in [0.15, 0.2) is 48.2 Å². The number of non-ortho nitro benzene ring substituents is 1. The van der Waals surface area contributed by atoms with Gasteiger partial charge in [-0.2, -0.15) is 0 Å². The van der Waals surface area contributed by atoms with E-state index in [0.29, 0.717) is 22.7 Å². The number of hydrogen-bond donors (Lipinski definition) is 2. The van der Waals surface area contributed by atoms with Crippen LogP contribution < -0.4 is 20.1 Å². The Balaban J connectivity index is 2.32. The van der Waals surface area contributed by atoms with Crippen molar-refractivity contribution in [1.82, 2.24) is 5.32 Å². The van der Waals surface area contributed by atoms with Crippen LogP contribution in [0, 0.1) is 10.1 Å². The molecule has 2 N–H and O–H groups in total. The van der Waals surface area contributed by atoms with E-state index in [1.807, 2.05) is 0 Å². The fourth-order valence-electron chi connectivity index (χ4n) is 2.36. The lowest BCUT2D eigenvalue weighted by molar-refractivity contribution is -0.384. The van der Waals surface area contributed by atoms with Crippen LogP contribution in [0.5, 0.6) is 11.5 Å². The third kappa shape index (κ3) is 5.31. The molecular weight excluding hydrogens is 366 g/mol. The molecule has 9 heteroatoms. The molecule has 9 nitrogen and oxygen atoms in total. The number of nitro benzene ring substituents is 1. The molecule has 0 fully saturated rings. The van der Waals surface area contributed by atoms with Crippen LogP contribution in [0.1, 0.15) is 12.5 Å². The molecule has 0 heterocycles. The van der Waals surface area contributed by atoms with Crippen LogP contribution in [0.2, 0.25) is 0 Å². The van der Waals surface area contributed by atoms with Gasteiger partial charge in [-0.15, -0.1) is 0 Å². The lowest BCUT2D eigenvalue weighted by Crippen LogP contribution is -2.28. The summed E-state index contributed by atoms with van der Waals surface area (Å²) in [6.45, 7) is 1.25. The molecule has 0 saturated carbocycles. The Morgan fingerprint density at radius 3 is 2.39 bits per heavy atom. The minimum absolute atomic E-state index is 0.0669. The number of hydrogen-bond acceptors (Lipinski definition) is 6. The van der Waals surface area contributed by atoms with E-state index in [2.05, 4.69) is 10.6 Å². The van der Waals surface area contributed by atoms with Gasteiger partial charge in [0.15, 0.2) is 11.5 Å². The normalized spacial score (nSPS) is 10.8. The first-order valence-corrected chi connectivity index (χ1v) is 8.11. The predicted octanol–water partition coefficient (Wildman–Crippen LogP) is 2.73. The average Bonchev–Trinajstić information content (AvgIpc) is 2.67. The number of anilines is 1. The fraction of sp³-hybridized carbons (Fsp3) is 0.158. The Labute approximate surface area is 161 Å². The van der Waals surface area contributed by atoms with Crippen molar-refractivity contribution in [3.63, 3.8) is 0 Å². The zero-order valence-electron chi connectivity index (χ0n) is 15.5. The maximum atomic E-state index is 12.6. The summed E-state index contributed by atoms with van der Waals surface area (Å²) >= 11 is 0. The number of nitrogens with zero attached hydrogens (tertiary/aromatic N) is 1. The molecule has 0 bridgehead atoms. The first kappa shape index (κ1) is 20.4. The molecular formula is C19H19N3O6. The Hall–Kier alpha value is -3.88. The Kier molecular flexibility index (Phi) is 6.69. The summed E-state index contributed by atoms with van der Waals surface area (Å²) in [5.41, 5.74) is 0.609. The van der Waals surface area contributed by atoms with E-state index in [-0.39, 0.29) is 11.4 Å². The van der Waals surface area contributed by atoms with Crippen LogP contribution in [0.25, 0.3) is 6.08 Å². The SMILES string of the molecule is COc1ccc(NC(=O)/C(=C/c2cccc([N+](=O)[O-])c2)NC(C)=O)cc1OC. The maximum absolute atomic E-state index is 12.6. The molecule has 0 radical (unpaired) electrons. The predicted molar refractivity (Wildman–Crippen MR) is 103 cm³/mol. The quantitative estimate of drug-likeness (QED) is 0.430. The second-order valence-corrected chi connectivity index (χ2v) is 5.62. The fourth-order valence-corrected chi connectivity index (χ4v) is 2.36. The number of nitrogens with one attached hydrogen (secondary N) is 2. The molecule has 146 valence electrons. The second-order valence-electron chi connectivity index (χ2n) is 5.62. The van der Waals surface area contributed by atoms with Gasteiger partial charge < -0.3 is 20.1 Å². The van der Waals surface area contributed by atoms with Gasteiger partial charge in [-0.3, -0.25) is 19.7 Å². The molecule has 2 rings (SSSR count). The Morgan fingerprint density at radius 1 is 1.07 bits per heavy atom. The number of amides is 2. The van der Waals surface area contributed by atoms with Crippen LogP contribution in [0.4, 0.5) is 11.4 Å². The summed E-state index contributed by atoms with van der Waals surface area (Å²) in [6, 6.07) is 10.5. The molecule has 2 amide bonds. The van der Waals surface area contributed by atoms with Crippen LogP contribution in [0.3, 0.4) is 0 Å². The first-order valence-electron chi connectivity index (χ1n) is 8.11. The van der Waals surface area contributed by atoms with Gasteiger partial charge in [0.05, 0.1) is 19.1 Å². The van der Waals surface area contributed by atoms with Crippen molar-refractivity contribution in [2.45, 2.75) is 6.92 Å².